The molecule has 0 saturated heterocycles. The molecule has 0 radical (unpaired) electrons. The highest BCUT2D eigenvalue weighted by molar-refractivity contribution is 7.12. The molecule has 108 valence electrons. The molecule has 0 bridgehead atoms. The van der Waals surface area contributed by atoms with E-state index < -0.39 is 11.7 Å². The van der Waals surface area contributed by atoms with E-state index in [4.69, 9.17) is 5.73 Å². The second kappa shape index (κ2) is 6.88. The molecule has 21 heavy (non-hydrogen) atoms. The number of amides is 1. The molecule has 0 atom stereocenters. The molecule has 1 amide bonds. The molecule has 0 unspecified atom stereocenters. The van der Waals surface area contributed by atoms with Crippen molar-refractivity contribution >= 4 is 17.2 Å². The maximum Gasteiger partial charge on any atom is 0.255 e. The number of carbonyl (C=O) groups excluding carboxylic acids is 1. The highest BCUT2D eigenvalue weighted by Crippen LogP contribution is 2.19. The molecular weight excluding hydrogens is 291 g/mol. The van der Waals surface area contributed by atoms with Crippen molar-refractivity contribution in [3.8, 4) is 17.6 Å². The summed E-state index contributed by atoms with van der Waals surface area (Å²) in [6.07, 6.45) is 0. The number of nitrogens with one attached hydrogen (secondary N) is 1. The number of phenolic OH excluding ortho intramolecular Hbond substituents is 1. The lowest BCUT2D eigenvalue weighted by Crippen LogP contribution is -2.22. The molecule has 1 heterocycles. The lowest BCUT2D eigenvalue weighted by Gasteiger charge is -2.05. The number of halogens is 1. The van der Waals surface area contributed by atoms with Crippen LogP contribution < -0.4 is 11.1 Å². The van der Waals surface area contributed by atoms with Crippen LogP contribution >= 0.6 is 11.3 Å². The number of thiophene rings is 1. The van der Waals surface area contributed by atoms with Crippen molar-refractivity contribution in [2.75, 3.05) is 6.54 Å². The molecule has 2 aromatic rings. The van der Waals surface area contributed by atoms with Gasteiger partial charge in [0.1, 0.15) is 11.6 Å². The average molecular weight is 304 g/mol. The van der Waals surface area contributed by atoms with Gasteiger partial charge in [-0.1, -0.05) is 11.8 Å². The first-order valence-corrected chi connectivity index (χ1v) is 6.96. The third kappa shape index (κ3) is 4.05. The van der Waals surface area contributed by atoms with E-state index in [9.17, 15) is 14.3 Å². The molecule has 0 aliphatic carbocycles. The van der Waals surface area contributed by atoms with Crippen LogP contribution in [0, 0.1) is 17.7 Å². The standard InChI is InChI=1S/C15H13FN2O2S/c16-10-3-6-13(14(19)8-10)15(20)18-9-12-5-4-11(21-12)2-1-7-17/h3-6,8,19H,7,9,17H2,(H,18,20). The van der Waals surface area contributed by atoms with E-state index in [0.717, 1.165) is 21.9 Å². The van der Waals surface area contributed by atoms with Crippen LogP contribution in [0.2, 0.25) is 0 Å². The van der Waals surface area contributed by atoms with Gasteiger partial charge in [0.2, 0.25) is 0 Å². The zero-order valence-electron chi connectivity index (χ0n) is 11.0. The fraction of sp³-hybridized carbons (Fsp3) is 0.133. The summed E-state index contributed by atoms with van der Waals surface area (Å²) in [6.45, 7) is 0.610. The van der Waals surface area contributed by atoms with Gasteiger partial charge < -0.3 is 16.2 Å². The summed E-state index contributed by atoms with van der Waals surface area (Å²) in [6, 6.07) is 6.98. The first-order valence-electron chi connectivity index (χ1n) is 6.14. The number of hydrogen-bond acceptors (Lipinski definition) is 4. The predicted molar refractivity (Wildman–Crippen MR) is 79.5 cm³/mol. The Bertz CT molecular complexity index is 716. The topological polar surface area (TPSA) is 75.3 Å². The zero-order chi connectivity index (χ0) is 15.2. The zero-order valence-corrected chi connectivity index (χ0v) is 11.8. The third-order valence-corrected chi connectivity index (χ3v) is 3.60. The number of rotatable bonds is 3. The smallest absolute Gasteiger partial charge is 0.255 e. The maximum atomic E-state index is 12.9. The number of nitrogens with two attached hydrogens (primary N) is 1. The molecular formula is C15H13FN2O2S. The number of hydrogen-bond donors (Lipinski definition) is 3. The van der Waals surface area contributed by atoms with Crippen LogP contribution in [0.4, 0.5) is 4.39 Å². The van der Waals surface area contributed by atoms with E-state index in [1.165, 1.54) is 17.4 Å². The molecule has 4 N–H and O–H groups in total. The second-order valence-electron chi connectivity index (χ2n) is 4.12. The van der Waals surface area contributed by atoms with Crippen LogP contribution in [0.1, 0.15) is 20.1 Å². The van der Waals surface area contributed by atoms with Crippen molar-refractivity contribution < 1.29 is 14.3 Å². The molecule has 0 saturated carbocycles. The largest absolute Gasteiger partial charge is 0.507 e. The number of phenols is 1. The Morgan fingerprint density at radius 3 is 2.90 bits per heavy atom. The van der Waals surface area contributed by atoms with Crippen molar-refractivity contribution in [2.24, 2.45) is 5.73 Å². The highest BCUT2D eigenvalue weighted by atomic mass is 32.1. The van der Waals surface area contributed by atoms with E-state index in [2.05, 4.69) is 17.2 Å². The first-order chi connectivity index (χ1) is 10.1. The third-order valence-electron chi connectivity index (χ3n) is 2.60. The van der Waals surface area contributed by atoms with Crippen LogP contribution in [0.3, 0.4) is 0 Å². The van der Waals surface area contributed by atoms with Crippen LogP contribution in [0.15, 0.2) is 30.3 Å². The van der Waals surface area contributed by atoms with Gasteiger partial charge in [0.25, 0.3) is 5.91 Å². The summed E-state index contributed by atoms with van der Waals surface area (Å²) in [7, 11) is 0. The molecule has 0 aliphatic heterocycles. The van der Waals surface area contributed by atoms with E-state index >= 15 is 0 Å². The van der Waals surface area contributed by atoms with Gasteiger partial charge >= 0.3 is 0 Å². The Hall–Kier alpha value is -2.36. The van der Waals surface area contributed by atoms with Crippen molar-refractivity contribution in [2.45, 2.75) is 6.54 Å². The van der Waals surface area contributed by atoms with Gasteiger partial charge in [-0.05, 0) is 24.3 Å². The first kappa shape index (κ1) is 15.0. The summed E-state index contributed by atoms with van der Waals surface area (Å²) in [4.78, 5) is 13.7. The molecule has 0 spiro atoms. The van der Waals surface area contributed by atoms with Crippen molar-refractivity contribution in [3.05, 3.63) is 51.5 Å². The van der Waals surface area contributed by atoms with Crippen LogP contribution in [0.5, 0.6) is 5.75 Å². The Morgan fingerprint density at radius 2 is 2.19 bits per heavy atom. The summed E-state index contributed by atoms with van der Waals surface area (Å²) < 4.78 is 12.9. The van der Waals surface area contributed by atoms with Gasteiger partial charge in [-0.25, -0.2) is 4.39 Å². The predicted octanol–water partition coefficient (Wildman–Crippen LogP) is 1.83. The summed E-state index contributed by atoms with van der Waals surface area (Å²) >= 11 is 1.45. The minimum absolute atomic E-state index is 0.0381. The average Bonchev–Trinajstić information content (AvgIpc) is 2.90. The van der Waals surface area contributed by atoms with Gasteiger partial charge in [0, 0.05) is 10.9 Å². The van der Waals surface area contributed by atoms with Crippen molar-refractivity contribution in [3.63, 3.8) is 0 Å². The quantitative estimate of drug-likeness (QED) is 0.757. The van der Waals surface area contributed by atoms with Gasteiger partial charge in [-0.2, -0.15) is 0 Å². The molecule has 1 aromatic heterocycles. The fourth-order valence-corrected chi connectivity index (χ4v) is 2.46. The van der Waals surface area contributed by atoms with Gasteiger partial charge in [-0.15, -0.1) is 11.3 Å². The van der Waals surface area contributed by atoms with Gasteiger partial charge in [0.15, 0.2) is 0 Å². The number of aromatic hydroxyl groups is 1. The monoisotopic (exact) mass is 304 g/mol. The Balaban J connectivity index is 1.99. The number of carbonyl (C=O) groups is 1. The lowest BCUT2D eigenvalue weighted by molar-refractivity contribution is 0.0948. The molecule has 0 fully saturated rings. The SMILES string of the molecule is NCC#Cc1ccc(CNC(=O)c2ccc(F)cc2O)s1. The second-order valence-corrected chi connectivity index (χ2v) is 5.28. The van der Waals surface area contributed by atoms with Gasteiger partial charge in [-0.3, -0.25) is 4.79 Å². The minimum atomic E-state index is -0.592. The van der Waals surface area contributed by atoms with E-state index in [-0.39, 0.29) is 11.3 Å². The van der Waals surface area contributed by atoms with Crippen LogP contribution in [-0.4, -0.2) is 17.6 Å². The summed E-state index contributed by atoms with van der Waals surface area (Å²) in [5, 5.41) is 12.2. The highest BCUT2D eigenvalue weighted by Gasteiger charge is 2.11. The van der Waals surface area contributed by atoms with E-state index in [1.54, 1.807) is 0 Å². The summed E-state index contributed by atoms with van der Waals surface area (Å²) in [5.74, 6) is 4.23. The van der Waals surface area contributed by atoms with Crippen LogP contribution in [0.25, 0.3) is 0 Å². The van der Waals surface area contributed by atoms with Gasteiger partial charge in [0.05, 0.1) is 23.5 Å². The molecule has 4 nitrogen and oxygen atoms in total. The van der Waals surface area contributed by atoms with Crippen molar-refractivity contribution in [1.82, 2.24) is 5.32 Å². The lowest BCUT2D eigenvalue weighted by atomic mass is 10.2. The molecule has 6 heteroatoms. The molecule has 0 aliphatic rings. The Kier molecular flexibility index (Phi) is 4.93. The minimum Gasteiger partial charge on any atom is -0.507 e. The summed E-state index contributed by atoms with van der Waals surface area (Å²) in [5.41, 5.74) is 5.33. The van der Waals surface area contributed by atoms with Crippen LogP contribution in [-0.2, 0) is 6.54 Å². The van der Waals surface area contributed by atoms with E-state index in [0.29, 0.717) is 13.1 Å². The normalized spacial score (nSPS) is 9.81. The number of benzene rings is 1. The maximum absolute atomic E-state index is 12.9. The molecule has 1 aromatic carbocycles. The Morgan fingerprint density at radius 1 is 1.38 bits per heavy atom. The van der Waals surface area contributed by atoms with Crippen molar-refractivity contribution in [1.29, 1.82) is 0 Å². The fourth-order valence-electron chi connectivity index (χ4n) is 1.64. The molecule has 2 rings (SSSR count). The van der Waals surface area contributed by atoms with E-state index in [1.807, 2.05) is 12.1 Å². The Labute approximate surface area is 125 Å².